The second-order valence-corrected chi connectivity index (χ2v) is 9.85. The number of rotatable bonds is 6. The summed E-state index contributed by atoms with van der Waals surface area (Å²) in [7, 11) is 0. The number of piperidine rings is 1. The molecule has 8 heteroatoms. The van der Waals surface area contributed by atoms with Gasteiger partial charge in [0, 0.05) is 25.3 Å². The Morgan fingerprint density at radius 2 is 1.81 bits per heavy atom. The topological polar surface area (TPSA) is 73.0 Å². The van der Waals surface area contributed by atoms with E-state index in [0.717, 1.165) is 10.6 Å². The molecule has 1 aromatic heterocycles. The number of benzene rings is 1. The molecule has 1 N–H and O–H groups in total. The van der Waals surface area contributed by atoms with Gasteiger partial charge in [-0.1, -0.05) is 38.1 Å². The quantitative estimate of drug-likeness (QED) is 0.729. The molecular weight excluding hydrogens is 424 g/mol. The zero-order valence-corrected chi connectivity index (χ0v) is 19.4. The van der Waals surface area contributed by atoms with Gasteiger partial charge in [-0.15, -0.1) is 11.3 Å². The van der Waals surface area contributed by atoms with Crippen molar-refractivity contribution in [2.45, 2.75) is 32.2 Å². The fraction of sp³-hybridized carbons (Fsp3) is 0.458. The van der Waals surface area contributed by atoms with Crippen molar-refractivity contribution < 1.29 is 14.4 Å². The molecule has 4 rings (SSSR count). The minimum atomic E-state index is -0.730. The number of likely N-dealkylation sites (tertiary alicyclic amines) is 1. The van der Waals surface area contributed by atoms with E-state index in [2.05, 4.69) is 10.2 Å². The maximum Gasteiger partial charge on any atom is 0.263 e. The number of nitrogens with one attached hydrogen (secondary N) is 1. The van der Waals surface area contributed by atoms with E-state index in [0.29, 0.717) is 45.1 Å². The van der Waals surface area contributed by atoms with Crippen LogP contribution >= 0.6 is 11.3 Å². The molecule has 7 nitrogen and oxygen atoms in total. The van der Waals surface area contributed by atoms with Crippen LogP contribution in [0.4, 0.5) is 5.69 Å². The number of amides is 3. The first kappa shape index (κ1) is 22.3. The van der Waals surface area contributed by atoms with Crippen molar-refractivity contribution in [3.05, 3.63) is 52.7 Å². The molecule has 3 heterocycles. The number of thiophene rings is 1. The van der Waals surface area contributed by atoms with Crippen LogP contribution in [-0.4, -0.2) is 65.9 Å². The van der Waals surface area contributed by atoms with Crippen molar-refractivity contribution >= 4 is 34.7 Å². The van der Waals surface area contributed by atoms with Crippen molar-refractivity contribution in [1.82, 2.24) is 15.1 Å². The van der Waals surface area contributed by atoms with Crippen LogP contribution in [0.1, 0.15) is 36.4 Å². The number of nitrogens with zero attached hydrogens (tertiary/aromatic N) is 3. The first-order valence-electron chi connectivity index (χ1n) is 11.1. The van der Waals surface area contributed by atoms with Crippen molar-refractivity contribution in [3.8, 4) is 0 Å². The number of hydrogen-bond acceptors (Lipinski definition) is 5. The van der Waals surface area contributed by atoms with E-state index in [9.17, 15) is 14.4 Å². The summed E-state index contributed by atoms with van der Waals surface area (Å²) in [4.78, 5) is 45.3. The fourth-order valence-electron chi connectivity index (χ4n) is 4.51. The predicted molar refractivity (Wildman–Crippen MR) is 126 cm³/mol. The van der Waals surface area contributed by atoms with Crippen LogP contribution in [0.2, 0.25) is 0 Å². The summed E-state index contributed by atoms with van der Waals surface area (Å²) in [5.41, 5.74) is 0.232. The lowest BCUT2D eigenvalue weighted by Crippen LogP contribution is -2.57. The smallest absolute Gasteiger partial charge is 0.263 e. The molecule has 2 aliphatic rings. The van der Waals surface area contributed by atoms with E-state index in [-0.39, 0.29) is 24.3 Å². The third-order valence-electron chi connectivity index (χ3n) is 6.23. The van der Waals surface area contributed by atoms with E-state index in [1.165, 1.54) is 11.3 Å². The molecule has 170 valence electrons. The Morgan fingerprint density at radius 3 is 2.44 bits per heavy atom. The summed E-state index contributed by atoms with van der Waals surface area (Å²) in [6, 6.07) is 13.6. The van der Waals surface area contributed by atoms with Crippen LogP contribution in [0.15, 0.2) is 47.8 Å². The maximum atomic E-state index is 13.6. The summed E-state index contributed by atoms with van der Waals surface area (Å²) in [6.45, 7) is 6.12. The summed E-state index contributed by atoms with van der Waals surface area (Å²) >= 11 is 1.44. The lowest BCUT2D eigenvalue weighted by Gasteiger charge is -2.43. The van der Waals surface area contributed by atoms with Gasteiger partial charge in [-0.05, 0) is 42.3 Å². The van der Waals surface area contributed by atoms with Gasteiger partial charge in [-0.25, -0.2) is 0 Å². The fourth-order valence-corrected chi connectivity index (χ4v) is 5.20. The van der Waals surface area contributed by atoms with E-state index in [1.54, 1.807) is 4.90 Å². The number of carbonyl (C=O) groups excluding carboxylic acids is 3. The highest BCUT2D eigenvalue weighted by atomic mass is 32.1. The highest BCUT2D eigenvalue weighted by Gasteiger charge is 2.54. The average molecular weight is 455 g/mol. The number of hydrogen-bond donors (Lipinski definition) is 1. The second kappa shape index (κ2) is 9.32. The number of carbonyl (C=O) groups is 3. The summed E-state index contributed by atoms with van der Waals surface area (Å²) in [5, 5.41) is 4.81. The molecule has 2 aliphatic heterocycles. The molecule has 1 aromatic carbocycles. The molecule has 0 saturated carbocycles. The average Bonchev–Trinajstić information content (AvgIpc) is 3.42. The highest BCUT2D eigenvalue weighted by Crippen LogP contribution is 2.39. The lowest BCUT2D eigenvalue weighted by atomic mass is 9.85. The maximum absolute atomic E-state index is 13.6. The Labute approximate surface area is 193 Å². The Balaban J connectivity index is 1.52. The highest BCUT2D eigenvalue weighted by molar-refractivity contribution is 7.12. The molecule has 0 unspecified atom stereocenters. The van der Waals surface area contributed by atoms with Gasteiger partial charge in [0.15, 0.2) is 0 Å². The molecule has 0 atom stereocenters. The largest absolute Gasteiger partial charge is 0.354 e. The van der Waals surface area contributed by atoms with E-state index in [1.807, 2.05) is 66.6 Å². The third kappa shape index (κ3) is 4.37. The van der Waals surface area contributed by atoms with Crippen LogP contribution in [-0.2, 0) is 9.59 Å². The summed E-state index contributed by atoms with van der Waals surface area (Å²) in [6.07, 6.45) is 1.09. The van der Waals surface area contributed by atoms with Gasteiger partial charge in [0.05, 0.1) is 11.5 Å². The molecule has 3 amide bonds. The molecule has 2 aromatic rings. The third-order valence-corrected chi connectivity index (χ3v) is 7.09. The van der Waals surface area contributed by atoms with Gasteiger partial charge < -0.3 is 20.0 Å². The molecule has 0 radical (unpaired) electrons. The van der Waals surface area contributed by atoms with Crippen LogP contribution in [0, 0.1) is 5.92 Å². The monoisotopic (exact) mass is 454 g/mol. The van der Waals surface area contributed by atoms with Crippen molar-refractivity contribution in [2.24, 2.45) is 5.92 Å². The summed E-state index contributed by atoms with van der Waals surface area (Å²) < 4.78 is 0. The Morgan fingerprint density at radius 1 is 1.09 bits per heavy atom. The molecule has 2 saturated heterocycles. The van der Waals surface area contributed by atoms with Gasteiger partial charge in [0.25, 0.3) is 11.8 Å². The standard InChI is InChI=1S/C24H30N4O3S/c1-18(2)15-25-21(29)16-27-17-28(19-7-4-3-5-8-19)24(23(27)31)10-12-26(13-11-24)22(30)20-9-6-14-32-20/h3-9,14,18H,10-13,15-17H2,1-2H3,(H,25,29). The van der Waals surface area contributed by atoms with Crippen molar-refractivity contribution in [2.75, 3.05) is 37.7 Å². The normalized spacial score (nSPS) is 18.0. The van der Waals surface area contributed by atoms with Crippen LogP contribution in [0.3, 0.4) is 0 Å². The SMILES string of the molecule is CC(C)CNC(=O)CN1CN(c2ccccc2)C2(CCN(C(=O)c3cccs3)CC2)C1=O. The Hall–Kier alpha value is -2.87. The van der Waals surface area contributed by atoms with Crippen molar-refractivity contribution in [1.29, 1.82) is 0 Å². The van der Waals surface area contributed by atoms with Gasteiger partial charge in [0.1, 0.15) is 12.1 Å². The van der Waals surface area contributed by atoms with Gasteiger partial charge in [-0.3, -0.25) is 14.4 Å². The van der Waals surface area contributed by atoms with Crippen LogP contribution in [0.25, 0.3) is 0 Å². The molecule has 32 heavy (non-hydrogen) atoms. The van der Waals surface area contributed by atoms with E-state index >= 15 is 0 Å². The zero-order valence-electron chi connectivity index (χ0n) is 18.6. The first-order chi connectivity index (χ1) is 15.4. The molecule has 0 bridgehead atoms. The lowest BCUT2D eigenvalue weighted by molar-refractivity contribution is -0.137. The zero-order chi connectivity index (χ0) is 22.7. The minimum Gasteiger partial charge on any atom is -0.354 e. The van der Waals surface area contributed by atoms with E-state index < -0.39 is 5.54 Å². The second-order valence-electron chi connectivity index (χ2n) is 8.91. The molecule has 0 aliphatic carbocycles. The van der Waals surface area contributed by atoms with Crippen LogP contribution in [0.5, 0.6) is 0 Å². The van der Waals surface area contributed by atoms with Gasteiger partial charge in [-0.2, -0.15) is 0 Å². The molecule has 1 spiro atoms. The van der Waals surface area contributed by atoms with Crippen molar-refractivity contribution in [3.63, 3.8) is 0 Å². The predicted octanol–water partition coefficient (Wildman–Crippen LogP) is 2.80. The van der Waals surface area contributed by atoms with Crippen LogP contribution < -0.4 is 10.2 Å². The van der Waals surface area contributed by atoms with E-state index in [4.69, 9.17) is 0 Å². The minimum absolute atomic E-state index is 0.0238. The Kier molecular flexibility index (Phi) is 6.50. The molecular formula is C24H30N4O3S. The van der Waals surface area contributed by atoms with Gasteiger partial charge >= 0.3 is 0 Å². The Bertz CT molecular complexity index is 953. The number of para-hydroxylation sites is 1. The summed E-state index contributed by atoms with van der Waals surface area (Å²) in [5.74, 6) is 0.216. The number of anilines is 1. The first-order valence-corrected chi connectivity index (χ1v) is 12.0. The van der Waals surface area contributed by atoms with Gasteiger partial charge in [0.2, 0.25) is 5.91 Å². The molecule has 2 fully saturated rings.